The number of aromatic hydroxyl groups is 1. The second kappa shape index (κ2) is 6.55. The van der Waals surface area contributed by atoms with Gasteiger partial charge in [-0.2, -0.15) is 0 Å². The molecule has 7 nitrogen and oxygen atoms in total. The van der Waals surface area contributed by atoms with Gasteiger partial charge < -0.3 is 20.6 Å². The van der Waals surface area contributed by atoms with E-state index in [9.17, 15) is 19.5 Å². The largest absolute Gasteiger partial charge is 0.507 e. The van der Waals surface area contributed by atoms with E-state index < -0.39 is 23.9 Å². The fraction of sp³-hybridized carbons (Fsp3) is 0.308. The molecular weight excluding hydrogens is 266 g/mol. The summed E-state index contributed by atoms with van der Waals surface area (Å²) in [5, 5.41) is 29.2. The molecule has 0 saturated heterocycles. The molecule has 0 bridgehead atoms. The summed E-state index contributed by atoms with van der Waals surface area (Å²) in [5.41, 5.74) is 0.678. The van der Waals surface area contributed by atoms with Crippen molar-refractivity contribution in [2.24, 2.45) is 0 Å². The quantitative estimate of drug-likeness (QED) is 0.610. The van der Waals surface area contributed by atoms with Crippen LogP contribution in [0.2, 0.25) is 0 Å². The van der Waals surface area contributed by atoms with E-state index >= 15 is 0 Å². The number of amides is 1. The van der Waals surface area contributed by atoms with Crippen LogP contribution in [0.4, 0.5) is 0 Å². The molecule has 7 heteroatoms. The van der Waals surface area contributed by atoms with Gasteiger partial charge in [0.1, 0.15) is 11.8 Å². The normalized spacial score (nSPS) is 11.7. The fourth-order valence-electron chi connectivity index (χ4n) is 1.59. The van der Waals surface area contributed by atoms with Crippen LogP contribution in [0.15, 0.2) is 18.2 Å². The van der Waals surface area contributed by atoms with Crippen LogP contribution in [0.3, 0.4) is 0 Å². The van der Waals surface area contributed by atoms with Gasteiger partial charge in [0.25, 0.3) is 5.91 Å². The summed E-state index contributed by atoms with van der Waals surface area (Å²) in [6, 6.07) is 3.03. The molecule has 0 aromatic heterocycles. The number of aliphatic carboxylic acids is 2. The topological polar surface area (TPSA) is 124 Å². The highest BCUT2D eigenvalue weighted by atomic mass is 16.4. The van der Waals surface area contributed by atoms with Gasteiger partial charge >= 0.3 is 11.9 Å². The zero-order valence-electron chi connectivity index (χ0n) is 10.8. The molecule has 0 fully saturated rings. The van der Waals surface area contributed by atoms with Crippen molar-refractivity contribution < 1.29 is 29.7 Å². The first-order valence-corrected chi connectivity index (χ1v) is 5.86. The van der Waals surface area contributed by atoms with Gasteiger partial charge in [-0.25, -0.2) is 4.79 Å². The van der Waals surface area contributed by atoms with Crippen LogP contribution < -0.4 is 5.32 Å². The van der Waals surface area contributed by atoms with Gasteiger partial charge in [0.05, 0.1) is 5.56 Å². The lowest BCUT2D eigenvalue weighted by Crippen LogP contribution is -2.41. The molecule has 1 amide bonds. The van der Waals surface area contributed by atoms with Crippen molar-refractivity contribution in [3.05, 3.63) is 29.3 Å². The Bertz CT molecular complexity index is 540. The molecule has 1 aromatic rings. The Kier molecular flexibility index (Phi) is 5.08. The summed E-state index contributed by atoms with van der Waals surface area (Å²) in [6.07, 6.45) is -0.611. The van der Waals surface area contributed by atoms with Gasteiger partial charge in [0, 0.05) is 6.42 Å². The molecule has 0 radical (unpaired) electrons. The van der Waals surface area contributed by atoms with E-state index in [4.69, 9.17) is 10.2 Å². The lowest BCUT2D eigenvalue weighted by Gasteiger charge is -2.14. The summed E-state index contributed by atoms with van der Waals surface area (Å²) in [5.74, 6) is -3.50. The van der Waals surface area contributed by atoms with E-state index in [2.05, 4.69) is 5.32 Å². The molecule has 1 aromatic carbocycles. The van der Waals surface area contributed by atoms with Gasteiger partial charge in [0.15, 0.2) is 0 Å². The van der Waals surface area contributed by atoms with Crippen LogP contribution in [0.25, 0.3) is 0 Å². The third-order valence-electron chi connectivity index (χ3n) is 2.65. The van der Waals surface area contributed by atoms with Crippen molar-refractivity contribution in [1.82, 2.24) is 5.32 Å². The number of carbonyl (C=O) groups excluding carboxylic acids is 1. The number of benzene rings is 1. The monoisotopic (exact) mass is 281 g/mol. The standard InChI is InChI=1S/C13H15NO6/c1-7-2-4-10(15)8(6-7)12(18)14-9(13(19)20)3-5-11(16)17/h2,4,6,9,15H,3,5H2,1H3,(H,14,18)(H,16,17)(H,19,20)/t9-/m0/s1. The Hall–Kier alpha value is -2.57. The van der Waals surface area contributed by atoms with Crippen molar-refractivity contribution >= 4 is 17.8 Å². The Morgan fingerprint density at radius 2 is 1.90 bits per heavy atom. The maximum atomic E-state index is 11.9. The second-order valence-electron chi connectivity index (χ2n) is 4.32. The third kappa shape index (κ3) is 4.27. The molecule has 0 aliphatic rings. The molecule has 108 valence electrons. The van der Waals surface area contributed by atoms with Gasteiger partial charge in [-0.3, -0.25) is 9.59 Å². The minimum absolute atomic E-state index is 0.0495. The van der Waals surface area contributed by atoms with Crippen LogP contribution in [-0.2, 0) is 9.59 Å². The number of hydrogen-bond donors (Lipinski definition) is 4. The van der Waals surface area contributed by atoms with Gasteiger partial charge in [0.2, 0.25) is 0 Å². The molecule has 0 aliphatic carbocycles. The zero-order chi connectivity index (χ0) is 15.3. The van der Waals surface area contributed by atoms with Crippen molar-refractivity contribution in [2.75, 3.05) is 0 Å². The second-order valence-corrected chi connectivity index (χ2v) is 4.32. The van der Waals surface area contributed by atoms with E-state index in [1.165, 1.54) is 12.1 Å². The first kappa shape index (κ1) is 15.5. The molecule has 0 aliphatic heterocycles. The van der Waals surface area contributed by atoms with Crippen LogP contribution in [0, 0.1) is 6.92 Å². The number of carboxylic acid groups (broad SMARTS) is 2. The fourth-order valence-corrected chi connectivity index (χ4v) is 1.59. The lowest BCUT2D eigenvalue weighted by atomic mass is 10.1. The molecule has 4 N–H and O–H groups in total. The average molecular weight is 281 g/mol. The number of carboxylic acids is 2. The van der Waals surface area contributed by atoms with Gasteiger partial charge in [-0.15, -0.1) is 0 Å². The lowest BCUT2D eigenvalue weighted by molar-refractivity contribution is -0.140. The number of nitrogens with one attached hydrogen (secondary N) is 1. The van der Waals surface area contributed by atoms with Crippen molar-refractivity contribution in [1.29, 1.82) is 0 Å². The highest BCUT2D eigenvalue weighted by Crippen LogP contribution is 2.18. The first-order chi connectivity index (χ1) is 9.31. The molecule has 1 atom stereocenters. The smallest absolute Gasteiger partial charge is 0.326 e. The predicted molar refractivity (Wildman–Crippen MR) is 68.6 cm³/mol. The average Bonchev–Trinajstić information content (AvgIpc) is 2.36. The highest BCUT2D eigenvalue weighted by molar-refractivity contribution is 5.99. The molecule has 0 unspecified atom stereocenters. The summed E-state index contributed by atoms with van der Waals surface area (Å²) in [4.78, 5) is 33.3. The van der Waals surface area contributed by atoms with Crippen LogP contribution >= 0.6 is 0 Å². The van der Waals surface area contributed by atoms with Crippen molar-refractivity contribution in [3.63, 3.8) is 0 Å². The highest BCUT2D eigenvalue weighted by Gasteiger charge is 2.22. The van der Waals surface area contributed by atoms with Crippen molar-refractivity contribution in [2.45, 2.75) is 25.8 Å². The van der Waals surface area contributed by atoms with Gasteiger partial charge in [-0.1, -0.05) is 11.6 Å². The predicted octanol–water partition coefficient (Wildman–Crippen LogP) is 0.748. The minimum atomic E-state index is -1.33. The molecule has 0 spiro atoms. The third-order valence-corrected chi connectivity index (χ3v) is 2.65. The van der Waals surface area contributed by atoms with E-state index in [1.54, 1.807) is 13.0 Å². The number of phenols is 1. The van der Waals surface area contributed by atoms with E-state index in [1.807, 2.05) is 0 Å². The number of phenolic OH excluding ortho intramolecular Hbond substituents is 1. The van der Waals surface area contributed by atoms with E-state index in [0.717, 1.165) is 5.56 Å². The van der Waals surface area contributed by atoms with Crippen molar-refractivity contribution in [3.8, 4) is 5.75 Å². The maximum absolute atomic E-state index is 11.9. The van der Waals surface area contributed by atoms with Crippen LogP contribution in [0.1, 0.15) is 28.8 Å². The van der Waals surface area contributed by atoms with E-state index in [0.29, 0.717) is 0 Å². The first-order valence-electron chi connectivity index (χ1n) is 5.86. The molecule has 20 heavy (non-hydrogen) atoms. The Morgan fingerprint density at radius 3 is 2.45 bits per heavy atom. The number of hydrogen-bond acceptors (Lipinski definition) is 4. The zero-order valence-corrected chi connectivity index (χ0v) is 10.8. The summed E-state index contributed by atoms with van der Waals surface area (Å²) in [6.45, 7) is 1.72. The molecular formula is C13H15NO6. The Labute approximate surface area is 114 Å². The molecule has 0 heterocycles. The molecule has 0 saturated carbocycles. The van der Waals surface area contributed by atoms with Gasteiger partial charge in [-0.05, 0) is 25.5 Å². The number of carbonyl (C=O) groups is 3. The van der Waals surface area contributed by atoms with Crippen LogP contribution in [-0.4, -0.2) is 39.2 Å². The Morgan fingerprint density at radius 1 is 1.25 bits per heavy atom. The number of rotatable bonds is 6. The maximum Gasteiger partial charge on any atom is 0.326 e. The SMILES string of the molecule is Cc1ccc(O)c(C(=O)N[C@@H](CCC(=O)O)C(=O)O)c1. The summed E-state index contributed by atoms with van der Waals surface area (Å²) < 4.78 is 0. The minimum Gasteiger partial charge on any atom is -0.507 e. The van der Waals surface area contributed by atoms with Crippen LogP contribution in [0.5, 0.6) is 5.75 Å². The summed E-state index contributed by atoms with van der Waals surface area (Å²) >= 11 is 0. The molecule has 1 rings (SSSR count). The number of aryl methyl sites for hydroxylation is 1. The van der Waals surface area contributed by atoms with E-state index in [-0.39, 0.29) is 24.2 Å². The summed E-state index contributed by atoms with van der Waals surface area (Å²) in [7, 11) is 0. The Balaban J connectivity index is 2.82.